The summed E-state index contributed by atoms with van der Waals surface area (Å²) in [6.45, 7) is 1.59. The van der Waals surface area contributed by atoms with Crippen LogP contribution < -0.4 is 5.32 Å². The molecule has 12 heteroatoms. The van der Waals surface area contributed by atoms with E-state index in [-0.39, 0.29) is 23.7 Å². The molecule has 0 amide bonds. The Kier molecular flexibility index (Phi) is 6.36. The van der Waals surface area contributed by atoms with Gasteiger partial charge < -0.3 is 15.5 Å². The van der Waals surface area contributed by atoms with Gasteiger partial charge in [-0.1, -0.05) is 17.7 Å². The maximum atomic E-state index is 14.6. The van der Waals surface area contributed by atoms with Crippen LogP contribution in [0.1, 0.15) is 32.6 Å². The minimum atomic E-state index is -4.03. The molecule has 0 saturated heterocycles. The molecule has 9 nitrogen and oxygen atoms in total. The van der Waals surface area contributed by atoms with Gasteiger partial charge in [-0.05, 0) is 56.9 Å². The van der Waals surface area contributed by atoms with Crippen molar-refractivity contribution in [1.29, 1.82) is 0 Å². The fraction of sp³-hybridized carbons (Fsp3) is 0.375. The van der Waals surface area contributed by atoms with E-state index >= 15 is 0 Å². The maximum absolute atomic E-state index is 14.6. The molecule has 3 aromatic rings. The van der Waals surface area contributed by atoms with Crippen molar-refractivity contribution in [2.24, 2.45) is 0 Å². The third kappa shape index (κ3) is 4.19. The molecular weight excluding hydrogens is 509 g/mol. The molecule has 3 aromatic heterocycles. The van der Waals surface area contributed by atoms with Gasteiger partial charge in [0.15, 0.2) is 23.1 Å². The first-order valence-electron chi connectivity index (χ1n) is 11.5. The molecule has 36 heavy (non-hydrogen) atoms. The van der Waals surface area contributed by atoms with E-state index in [1.807, 2.05) is 0 Å². The van der Waals surface area contributed by atoms with Crippen LogP contribution >= 0.6 is 11.6 Å². The van der Waals surface area contributed by atoms with E-state index in [2.05, 4.69) is 20.3 Å². The summed E-state index contributed by atoms with van der Waals surface area (Å²) in [4.78, 5) is 12.7. The predicted molar refractivity (Wildman–Crippen MR) is 134 cm³/mol. The number of anilines is 1. The van der Waals surface area contributed by atoms with Crippen LogP contribution in [-0.2, 0) is 10.0 Å². The zero-order chi connectivity index (χ0) is 25.7. The lowest BCUT2D eigenvalue weighted by Crippen LogP contribution is -2.45. The number of allylic oxidation sites excluding steroid dienone is 3. The molecule has 5 rings (SSSR count). The van der Waals surface area contributed by atoms with E-state index < -0.39 is 38.8 Å². The number of nitrogens with zero attached hydrogens (tertiary/aromatic N) is 4. The van der Waals surface area contributed by atoms with Gasteiger partial charge in [-0.25, -0.2) is 31.7 Å². The molecule has 3 N–H and O–H groups in total. The van der Waals surface area contributed by atoms with Gasteiger partial charge in [-0.15, -0.1) is 0 Å². The van der Waals surface area contributed by atoms with Crippen LogP contribution in [0, 0.1) is 5.82 Å². The molecule has 3 heterocycles. The second-order valence-corrected chi connectivity index (χ2v) is 12.0. The van der Waals surface area contributed by atoms with Crippen molar-refractivity contribution in [2.45, 2.75) is 55.6 Å². The average molecular weight is 534 g/mol. The van der Waals surface area contributed by atoms with E-state index in [0.29, 0.717) is 35.2 Å². The van der Waals surface area contributed by atoms with Crippen molar-refractivity contribution in [3.63, 3.8) is 0 Å². The molecular formula is C24H25ClFN5O4S. The summed E-state index contributed by atoms with van der Waals surface area (Å²) < 4.78 is 42.0. The Morgan fingerprint density at radius 2 is 2.08 bits per heavy atom. The normalized spacial score (nSPS) is 26.7. The maximum Gasteiger partial charge on any atom is 0.249 e. The van der Waals surface area contributed by atoms with Crippen LogP contribution in [0.4, 0.5) is 10.2 Å². The van der Waals surface area contributed by atoms with Gasteiger partial charge in [0, 0.05) is 28.4 Å². The SMILES string of the molecule is CC1(S(=O)(=O)n2cc(-c3ncc(F)c(N[C@H]4CCC[C@H](O)[C@H]4O)n3)c3cccnc32)C=C(Cl)C=CC1. The number of pyridine rings is 1. The minimum absolute atomic E-state index is 0.0824. The van der Waals surface area contributed by atoms with Gasteiger partial charge in [-0.2, -0.15) is 0 Å². The zero-order valence-electron chi connectivity index (χ0n) is 19.3. The molecule has 4 atom stereocenters. The van der Waals surface area contributed by atoms with Crippen molar-refractivity contribution in [3.8, 4) is 11.4 Å². The first-order valence-corrected chi connectivity index (χ1v) is 13.3. The molecule has 2 aliphatic carbocycles. The van der Waals surface area contributed by atoms with Gasteiger partial charge in [0.25, 0.3) is 0 Å². The van der Waals surface area contributed by atoms with Gasteiger partial charge >= 0.3 is 0 Å². The summed E-state index contributed by atoms with van der Waals surface area (Å²) >= 11 is 6.13. The number of aromatic nitrogens is 4. The van der Waals surface area contributed by atoms with Crippen molar-refractivity contribution < 1.29 is 23.0 Å². The highest BCUT2D eigenvalue weighted by atomic mass is 35.5. The van der Waals surface area contributed by atoms with Crippen molar-refractivity contribution in [1.82, 2.24) is 18.9 Å². The Balaban J connectivity index is 1.59. The summed E-state index contributed by atoms with van der Waals surface area (Å²) in [7, 11) is -4.03. The van der Waals surface area contributed by atoms with Gasteiger partial charge in [0.1, 0.15) is 4.75 Å². The fourth-order valence-electron chi connectivity index (χ4n) is 4.69. The lowest BCUT2D eigenvalue weighted by atomic mass is 9.90. The number of nitrogens with one attached hydrogen (secondary N) is 1. The highest BCUT2D eigenvalue weighted by Crippen LogP contribution is 2.36. The zero-order valence-corrected chi connectivity index (χ0v) is 20.9. The average Bonchev–Trinajstić information content (AvgIpc) is 3.24. The monoisotopic (exact) mass is 533 g/mol. The first-order chi connectivity index (χ1) is 17.1. The fourth-order valence-corrected chi connectivity index (χ4v) is 6.73. The summed E-state index contributed by atoms with van der Waals surface area (Å²) in [5, 5.41) is 23.9. The molecule has 0 radical (unpaired) electrons. The van der Waals surface area contributed by atoms with E-state index in [4.69, 9.17) is 11.6 Å². The lowest BCUT2D eigenvalue weighted by Gasteiger charge is -2.32. The number of hydrogen-bond donors (Lipinski definition) is 3. The van der Waals surface area contributed by atoms with E-state index in [9.17, 15) is 23.0 Å². The van der Waals surface area contributed by atoms with E-state index in [0.717, 1.165) is 10.2 Å². The number of rotatable bonds is 5. The third-order valence-electron chi connectivity index (χ3n) is 6.75. The molecule has 190 valence electrons. The third-order valence-corrected chi connectivity index (χ3v) is 9.25. The highest BCUT2D eigenvalue weighted by molar-refractivity contribution is 7.91. The summed E-state index contributed by atoms with van der Waals surface area (Å²) in [6, 6.07) is 2.76. The van der Waals surface area contributed by atoms with Gasteiger partial charge in [0.05, 0.1) is 24.4 Å². The Morgan fingerprint density at radius 1 is 1.28 bits per heavy atom. The molecule has 1 fully saturated rings. The Bertz CT molecular complexity index is 1490. The first kappa shape index (κ1) is 24.8. The van der Waals surface area contributed by atoms with Gasteiger partial charge in [0.2, 0.25) is 10.0 Å². The number of fused-ring (bicyclic) bond motifs is 1. The Hall–Kier alpha value is -2.86. The summed E-state index contributed by atoms with van der Waals surface area (Å²) in [5.41, 5.74) is 0.528. The van der Waals surface area contributed by atoms with Crippen LogP contribution in [0.3, 0.4) is 0 Å². The Labute approximate surface area is 212 Å². The van der Waals surface area contributed by atoms with E-state index in [1.54, 1.807) is 31.2 Å². The molecule has 0 aromatic carbocycles. The number of hydrogen-bond acceptors (Lipinski definition) is 8. The minimum Gasteiger partial charge on any atom is -0.390 e. The summed E-state index contributed by atoms with van der Waals surface area (Å²) in [6.07, 6.45) is 8.62. The Morgan fingerprint density at radius 3 is 2.86 bits per heavy atom. The second kappa shape index (κ2) is 9.22. The van der Waals surface area contributed by atoms with Crippen molar-refractivity contribution in [3.05, 3.63) is 59.8 Å². The molecule has 1 unspecified atom stereocenters. The smallest absolute Gasteiger partial charge is 0.249 e. The predicted octanol–water partition coefficient (Wildman–Crippen LogP) is 3.34. The van der Waals surface area contributed by atoms with Crippen LogP contribution in [-0.4, -0.2) is 60.6 Å². The van der Waals surface area contributed by atoms with Crippen molar-refractivity contribution in [2.75, 3.05) is 5.32 Å². The topological polar surface area (TPSA) is 130 Å². The quantitative estimate of drug-likeness (QED) is 0.455. The van der Waals surface area contributed by atoms with Crippen LogP contribution in [0.2, 0.25) is 0 Å². The molecule has 1 saturated carbocycles. The summed E-state index contributed by atoms with van der Waals surface area (Å²) in [5.74, 6) is -0.800. The number of aliphatic hydroxyl groups is 2. The van der Waals surface area contributed by atoms with Gasteiger partial charge in [-0.3, -0.25) is 0 Å². The van der Waals surface area contributed by atoms with Crippen molar-refractivity contribution >= 4 is 38.5 Å². The molecule has 0 aliphatic heterocycles. The second-order valence-electron chi connectivity index (χ2n) is 9.30. The van der Waals surface area contributed by atoms with Crippen LogP contribution in [0.15, 0.2) is 54.0 Å². The number of aliphatic hydroxyl groups excluding tert-OH is 2. The highest BCUT2D eigenvalue weighted by Gasteiger charge is 2.40. The standard InChI is InChI=1S/C24H25ClFN5O4S/c1-24(9-3-5-14(25)11-24)36(34,35)31-13-16(15-6-4-10-27-23(15)31)21-28-12-17(26)22(30-21)29-18-7-2-8-19(32)20(18)33/h3-6,10-13,18-20,32-33H,2,7-9H2,1H3,(H,28,29,30)/t18-,19-,20-,24?/m0/s1. The lowest BCUT2D eigenvalue weighted by molar-refractivity contribution is -0.0162. The van der Waals surface area contributed by atoms with Crippen LogP contribution in [0.5, 0.6) is 0 Å². The molecule has 0 spiro atoms. The number of halogens is 2. The largest absolute Gasteiger partial charge is 0.390 e. The van der Waals surface area contributed by atoms with Crippen LogP contribution in [0.25, 0.3) is 22.4 Å². The van der Waals surface area contributed by atoms with E-state index in [1.165, 1.54) is 18.5 Å². The molecule has 2 aliphatic rings. The molecule has 0 bridgehead atoms.